The number of likely N-dealkylation sites (N-methyl/N-ethyl adjacent to an activating group) is 2. The van der Waals surface area contributed by atoms with E-state index in [0.29, 0.717) is 11.5 Å². The third-order valence-electron chi connectivity index (χ3n) is 2.84. The smallest absolute Gasteiger partial charge is 0.128 e. The number of aromatic hydroxyl groups is 1. The average Bonchev–Trinajstić information content (AvgIpc) is 2.29. The lowest BCUT2D eigenvalue weighted by Gasteiger charge is -2.16. The fourth-order valence-electron chi connectivity index (χ4n) is 1.70. The number of hydrogen-bond donors (Lipinski definition) is 3. The van der Waals surface area contributed by atoms with E-state index < -0.39 is 0 Å². The summed E-state index contributed by atoms with van der Waals surface area (Å²) < 4.78 is 5.06. The molecule has 3 N–H and O–H groups in total. The Morgan fingerprint density at radius 1 is 1.18 bits per heavy atom. The maximum Gasteiger partial charge on any atom is 0.128 e. The van der Waals surface area contributed by atoms with Crippen LogP contribution in [0.2, 0.25) is 0 Å². The normalized spacial score (nSPS) is 12.8. The molecule has 4 heteroatoms. The molecule has 1 rings (SSSR count). The maximum absolute atomic E-state index is 9.85. The van der Waals surface area contributed by atoms with E-state index in [9.17, 15) is 5.11 Å². The van der Waals surface area contributed by atoms with Crippen molar-refractivity contribution in [3.63, 3.8) is 0 Å². The summed E-state index contributed by atoms with van der Waals surface area (Å²) in [7, 11) is 8.05. The number of hydrogen-bond acceptors (Lipinski definition) is 2. The van der Waals surface area contributed by atoms with E-state index >= 15 is 0 Å². The van der Waals surface area contributed by atoms with Gasteiger partial charge in [0.05, 0.1) is 28.3 Å². The summed E-state index contributed by atoms with van der Waals surface area (Å²) in [5.41, 5.74) is 0.969. The Bertz CT molecular complexity index is 353. The van der Waals surface area contributed by atoms with Crippen LogP contribution in [-0.4, -0.2) is 46.4 Å². The van der Waals surface area contributed by atoms with Crippen molar-refractivity contribution in [3.8, 4) is 11.5 Å². The van der Waals surface area contributed by atoms with Gasteiger partial charge >= 0.3 is 0 Å². The molecule has 1 unspecified atom stereocenters. The predicted molar refractivity (Wildman–Crippen MR) is 67.8 cm³/mol. The van der Waals surface area contributed by atoms with Crippen molar-refractivity contribution < 1.29 is 19.6 Å². The van der Waals surface area contributed by atoms with Gasteiger partial charge in [0.25, 0.3) is 0 Å². The Morgan fingerprint density at radius 2 is 1.88 bits per heavy atom. The minimum atomic E-state index is 0.320. The zero-order valence-corrected chi connectivity index (χ0v) is 11.2. The number of quaternary nitrogens is 2. The molecule has 1 atom stereocenters. The van der Waals surface area contributed by atoms with Crippen molar-refractivity contribution in [1.82, 2.24) is 0 Å². The first-order chi connectivity index (χ1) is 8.02. The number of nitrogens with one attached hydrogen (secondary N) is 2. The Morgan fingerprint density at radius 3 is 2.41 bits per heavy atom. The molecule has 0 bridgehead atoms. The molecule has 96 valence electrons. The van der Waals surface area contributed by atoms with Crippen LogP contribution in [0.3, 0.4) is 0 Å². The molecule has 4 nitrogen and oxygen atoms in total. The molecule has 1 aromatic carbocycles. The Balaban J connectivity index is 2.56. The van der Waals surface area contributed by atoms with Gasteiger partial charge in [0.2, 0.25) is 0 Å². The van der Waals surface area contributed by atoms with Crippen LogP contribution in [0.1, 0.15) is 5.56 Å². The molecule has 0 aliphatic heterocycles. The van der Waals surface area contributed by atoms with Gasteiger partial charge in [-0.2, -0.15) is 0 Å². The Hall–Kier alpha value is -1.26. The second-order valence-electron chi connectivity index (χ2n) is 4.84. The molecule has 0 aliphatic carbocycles. The highest BCUT2D eigenvalue weighted by atomic mass is 16.5. The van der Waals surface area contributed by atoms with Crippen LogP contribution < -0.4 is 14.5 Å². The molecular formula is C13H24N2O2+2. The quantitative estimate of drug-likeness (QED) is 0.570. The molecule has 0 spiro atoms. The van der Waals surface area contributed by atoms with Gasteiger partial charge in [-0.05, 0) is 12.1 Å². The highest BCUT2D eigenvalue weighted by Gasteiger charge is 2.10. The van der Waals surface area contributed by atoms with Crippen LogP contribution >= 0.6 is 0 Å². The molecule has 0 aliphatic rings. The van der Waals surface area contributed by atoms with Gasteiger partial charge in [-0.1, -0.05) is 0 Å². The van der Waals surface area contributed by atoms with E-state index in [1.807, 2.05) is 12.1 Å². The highest BCUT2D eigenvalue weighted by Crippen LogP contribution is 2.22. The zero-order chi connectivity index (χ0) is 12.8. The maximum atomic E-state index is 9.85. The molecule has 1 aromatic rings. The molecule has 0 aromatic heterocycles. The minimum Gasteiger partial charge on any atom is -0.507 e. The van der Waals surface area contributed by atoms with E-state index in [4.69, 9.17) is 4.74 Å². The number of methoxy groups -OCH3 is 1. The first-order valence-corrected chi connectivity index (χ1v) is 5.99. The number of ether oxygens (including phenoxy) is 1. The Labute approximate surface area is 103 Å². The SMILES string of the molecule is COc1ccc(C[NH+](C)CC[NH+](C)C)c(O)c1. The van der Waals surface area contributed by atoms with Crippen LogP contribution in [0.5, 0.6) is 11.5 Å². The van der Waals surface area contributed by atoms with Gasteiger partial charge < -0.3 is 19.6 Å². The van der Waals surface area contributed by atoms with Gasteiger partial charge in [0.1, 0.15) is 31.1 Å². The molecular weight excluding hydrogens is 216 g/mol. The lowest BCUT2D eigenvalue weighted by atomic mass is 10.2. The summed E-state index contributed by atoms with van der Waals surface area (Å²) in [6, 6.07) is 5.49. The van der Waals surface area contributed by atoms with E-state index in [2.05, 4.69) is 21.1 Å². The lowest BCUT2D eigenvalue weighted by molar-refractivity contribution is -0.937. The summed E-state index contributed by atoms with van der Waals surface area (Å²) in [5.74, 6) is 1.02. The van der Waals surface area contributed by atoms with Crippen molar-refractivity contribution >= 4 is 0 Å². The number of phenolic OH excluding ortho intramolecular Hbond substituents is 1. The molecule has 0 radical (unpaired) electrons. The van der Waals surface area contributed by atoms with Gasteiger partial charge in [0, 0.05) is 11.6 Å². The van der Waals surface area contributed by atoms with E-state index in [1.54, 1.807) is 13.2 Å². The number of rotatable bonds is 6. The van der Waals surface area contributed by atoms with E-state index in [0.717, 1.165) is 25.2 Å². The minimum absolute atomic E-state index is 0.320. The second kappa shape index (κ2) is 6.47. The Kier molecular flexibility index (Phi) is 5.25. The first kappa shape index (κ1) is 13.8. The standard InChI is InChI=1S/C13H22N2O2/c1-14(2)7-8-15(3)10-11-5-6-12(17-4)9-13(11)16/h5-6,9,16H,7-8,10H2,1-4H3/p+2. The summed E-state index contributed by atoms with van der Waals surface area (Å²) in [6.07, 6.45) is 0. The number of benzene rings is 1. The number of phenols is 1. The molecule has 0 saturated heterocycles. The topological polar surface area (TPSA) is 38.3 Å². The van der Waals surface area contributed by atoms with Crippen LogP contribution in [0.25, 0.3) is 0 Å². The first-order valence-electron chi connectivity index (χ1n) is 5.99. The predicted octanol–water partition coefficient (Wildman–Crippen LogP) is -1.44. The van der Waals surface area contributed by atoms with Crippen molar-refractivity contribution in [1.29, 1.82) is 0 Å². The van der Waals surface area contributed by atoms with Crippen LogP contribution in [0, 0.1) is 0 Å². The fourth-order valence-corrected chi connectivity index (χ4v) is 1.70. The average molecular weight is 240 g/mol. The molecule has 0 saturated carbocycles. The van der Waals surface area contributed by atoms with Crippen molar-refractivity contribution in [3.05, 3.63) is 23.8 Å². The van der Waals surface area contributed by atoms with Crippen LogP contribution in [0.15, 0.2) is 18.2 Å². The largest absolute Gasteiger partial charge is 0.507 e. The second-order valence-corrected chi connectivity index (χ2v) is 4.84. The summed E-state index contributed by atoms with van der Waals surface area (Å²) in [5, 5.41) is 9.85. The summed E-state index contributed by atoms with van der Waals surface area (Å²) >= 11 is 0. The monoisotopic (exact) mass is 240 g/mol. The highest BCUT2D eigenvalue weighted by molar-refractivity contribution is 5.39. The van der Waals surface area contributed by atoms with Gasteiger partial charge in [-0.15, -0.1) is 0 Å². The van der Waals surface area contributed by atoms with Crippen LogP contribution in [-0.2, 0) is 6.54 Å². The van der Waals surface area contributed by atoms with Gasteiger partial charge in [-0.25, -0.2) is 0 Å². The zero-order valence-electron chi connectivity index (χ0n) is 11.2. The molecule has 0 amide bonds. The third kappa shape index (κ3) is 4.63. The fraction of sp³-hybridized carbons (Fsp3) is 0.538. The van der Waals surface area contributed by atoms with Gasteiger partial charge in [-0.3, -0.25) is 0 Å². The summed E-state index contributed by atoms with van der Waals surface area (Å²) in [6.45, 7) is 3.06. The molecule has 0 fully saturated rings. The van der Waals surface area contributed by atoms with Crippen molar-refractivity contribution in [2.75, 3.05) is 41.3 Å². The van der Waals surface area contributed by atoms with Crippen molar-refractivity contribution in [2.45, 2.75) is 6.54 Å². The molecule has 17 heavy (non-hydrogen) atoms. The third-order valence-corrected chi connectivity index (χ3v) is 2.84. The summed E-state index contributed by atoms with van der Waals surface area (Å²) in [4.78, 5) is 2.84. The van der Waals surface area contributed by atoms with E-state index in [-0.39, 0.29) is 0 Å². The van der Waals surface area contributed by atoms with E-state index in [1.165, 1.54) is 9.80 Å². The van der Waals surface area contributed by atoms with Crippen molar-refractivity contribution in [2.24, 2.45) is 0 Å². The lowest BCUT2D eigenvalue weighted by Crippen LogP contribution is -3.15. The van der Waals surface area contributed by atoms with Crippen LogP contribution in [0.4, 0.5) is 0 Å². The van der Waals surface area contributed by atoms with Gasteiger partial charge in [0.15, 0.2) is 0 Å². The molecule has 0 heterocycles.